The summed E-state index contributed by atoms with van der Waals surface area (Å²) in [6.07, 6.45) is 0.747. The van der Waals surface area contributed by atoms with Crippen molar-refractivity contribution in [2.75, 3.05) is 6.54 Å². The molecule has 5 heteroatoms. The standard InChI is InChI=1S/C21H20N2O3/c1-21(2)11-14-7-3-4-8-15(14)12-23(21)18(24)13-22-19(25)16-9-5-6-10-17(16)20(22)26/h3-10H,11-13H2,1-2H3. The van der Waals surface area contributed by atoms with E-state index in [0.717, 1.165) is 16.9 Å². The van der Waals surface area contributed by atoms with Crippen molar-refractivity contribution in [3.63, 3.8) is 0 Å². The third-order valence-corrected chi connectivity index (χ3v) is 5.27. The first-order chi connectivity index (χ1) is 12.4. The molecule has 2 aliphatic rings. The van der Waals surface area contributed by atoms with E-state index in [4.69, 9.17) is 0 Å². The van der Waals surface area contributed by atoms with Gasteiger partial charge in [-0.15, -0.1) is 0 Å². The SMILES string of the molecule is CC1(C)Cc2ccccc2CN1C(=O)CN1C(=O)c2ccccc2C1=O. The average molecular weight is 348 g/mol. The Hall–Kier alpha value is -2.95. The lowest BCUT2D eigenvalue weighted by molar-refractivity contribution is -0.138. The Labute approximate surface area is 152 Å². The van der Waals surface area contributed by atoms with Gasteiger partial charge in [0.1, 0.15) is 6.54 Å². The molecule has 2 heterocycles. The fourth-order valence-corrected chi connectivity index (χ4v) is 3.86. The molecule has 2 aliphatic heterocycles. The molecular formula is C21H20N2O3. The van der Waals surface area contributed by atoms with E-state index in [-0.39, 0.29) is 18.0 Å². The van der Waals surface area contributed by atoms with Gasteiger partial charge in [0.25, 0.3) is 11.8 Å². The highest BCUT2D eigenvalue weighted by molar-refractivity contribution is 6.22. The van der Waals surface area contributed by atoms with E-state index >= 15 is 0 Å². The summed E-state index contributed by atoms with van der Waals surface area (Å²) in [5.41, 5.74) is 2.72. The van der Waals surface area contributed by atoms with Gasteiger partial charge in [0.15, 0.2) is 0 Å². The van der Waals surface area contributed by atoms with Gasteiger partial charge in [0.2, 0.25) is 5.91 Å². The van der Waals surface area contributed by atoms with Crippen molar-refractivity contribution < 1.29 is 14.4 Å². The topological polar surface area (TPSA) is 57.7 Å². The van der Waals surface area contributed by atoms with Gasteiger partial charge in [0.05, 0.1) is 11.1 Å². The van der Waals surface area contributed by atoms with Gasteiger partial charge in [-0.3, -0.25) is 19.3 Å². The Morgan fingerprint density at radius 3 is 2.08 bits per heavy atom. The zero-order chi connectivity index (χ0) is 18.5. The van der Waals surface area contributed by atoms with Gasteiger partial charge in [-0.1, -0.05) is 36.4 Å². The number of imide groups is 1. The number of rotatable bonds is 2. The van der Waals surface area contributed by atoms with Crippen LogP contribution in [0.25, 0.3) is 0 Å². The summed E-state index contributed by atoms with van der Waals surface area (Å²) < 4.78 is 0. The lowest BCUT2D eigenvalue weighted by Crippen LogP contribution is -2.54. The Kier molecular flexibility index (Phi) is 3.68. The summed E-state index contributed by atoms with van der Waals surface area (Å²) >= 11 is 0. The molecule has 0 aromatic heterocycles. The van der Waals surface area contributed by atoms with E-state index in [1.54, 1.807) is 29.2 Å². The van der Waals surface area contributed by atoms with E-state index in [1.807, 2.05) is 32.0 Å². The second-order valence-corrected chi connectivity index (χ2v) is 7.48. The van der Waals surface area contributed by atoms with Crippen molar-refractivity contribution >= 4 is 17.7 Å². The maximum absolute atomic E-state index is 13.0. The van der Waals surface area contributed by atoms with Crippen LogP contribution in [0.1, 0.15) is 45.7 Å². The highest BCUT2D eigenvalue weighted by Gasteiger charge is 2.40. The third kappa shape index (κ3) is 2.51. The Morgan fingerprint density at radius 2 is 1.46 bits per heavy atom. The first-order valence-corrected chi connectivity index (χ1v) is 8.71. The molecule has 0 bridgehead atoms. The summed E-state index contributed by atoms with van der Waals surface area (Å²) in [5.74, 6) is -0.998. The maximum atomic E-state index is 13.0. The van der Waals surface area contributed by atoms with Crippen LogP contribution in [0.4, 0.5) is 0 Å². The number of nitrogens with zero attached hydrogens (tertiary/aromatic N) is 2. The van der Waals surface area contributed by atoms with Crippen LogP contribution in [0.2, 0.25) is 0 Å². The van der Waals surface area contributed by atoms with E-state index in [9.17, 15) is 14.4 Å². The number of hydrogen-bond acceptors (Lipinski definition) is 3. The van der Waals surface area contributed by atoms with Gasteiger partial charge in [-0.25, -0.2) is 0 Å². The molecule has 4 rings (SSSR count). The predicted molar refractivity (Wildman–Crippen MR) is 96.6 cm³/mol. The van der Waals surface area contributed by atoms with Gasteiger partial charge in [0, 0.05) is 12.1 Å². The largest absolute Gasteiger partial charge is 0.331 e. The van der Waals surface area contributed by atoms with Crippen molar-refractivity contribution in [3.05, 3.63) is 70.8 Å². The molecule has 0 unspecified atom stereocenters. The zero-order valence-electron chi connectivity index (χ0n) is 14.9. The first kappa shape index (κ1) is 16.5. The molecule has 5 nitrogen and oxygen atoms in total. The van der Waals surface area contributed by atoms with Crippen molar-refractivity contribution in [2.45, 2.75) is 32.4 Å². The highest BCUT2D eigenvalue weighted by Crippen LogP contribution is 2.31. The van der Waals surface area contributed by atoms with Gasteiger partial charge in [-0.05, 0) is 43.5 Å². The Balaban J connectivity index is 1.58. The number of benzene rings is 2. The van der Waals surface area contributed by atoms with Crippen LogP contribution in [0.15, 0.2) is 48.5 Å². The molecule has 0 atom stereocenters. The molecule has 3 amide bonds. The lowest BCUT2D eigenvalue weighted by Gasteiger charge is -2.43. The molecule has 0 N–H and O–H groups in total. The van der Waals surface area contributed by atoms with Crippen LogP contribution < -0.4 is 0 Å². The van der Waals surface area contributed by atoms with E-state index in [2.05, 4.69) is 6.07 Å². The number of amides is 3. The maximum Gasteiger partial charge on any atom is 0.262 e. The Bertz CT molecular complexity index is 897. The van der Waals surface area contributed by atoms with E-state index < -0.39 is 11.8 Å². The molecule has 0 spiro atoms. The third-order valence-electron chi connectivity index (χ3n) is 5.27. The van der Waals surface area contributed by atoms with Crippen LogP contribution in [-0.2, 0) is 17.8 Å². The van der Waals surface area contributed by atoms with E-state index in [1.165, 1.54) is 5.56 Å². The van der Waals surface area contributed by atoms with Gasteiger partial charge < -0.3 is 4.90 Å². The fourth-order valence-electron chi connectivity index (χ4n) is 3.86. The summed E-state index contributed by atoms with van der Waals surface area (Å²) in [4.78, 5) is 40.9. The van der Waals surface area contributed by atoms with Crippen molar-refractivity contribution in [1.82, 2.24) is 9.80 Å². The second kappa shape index (κ2) is 5.80. The second-order valence-electron chi connectivity index (χ2n) is 7.48. The lowest BCUT2D eigenvalue weighted by atomic mass is 9.85. The monoisotopic (exact) mass is 348 g/mol. The minimum absolute atomic E-state index is 0.209. The molecule has 0 radical (unpaired) electrons. The van der Waals surface area contributed by atoms with Crippen LogP contribution in [-0.4, -0.2) is 39.6 Å². The van der Waals surface area contributed by atoms with Crippen LogP contribution >= 0.6 is 0 Å². The normalized spacial score (nSPS) is 17.9. The molecule has 0 aliphatic carbocycles. The molecule has 0 fully saturated rings. The minimum Gasteiger partial charge on any atom is -0.331 e. The van der Waals surface area contributed by atoms with Crippen LogP contribution in [0, 0.1) is 0 Å². The van der Waals surface area contributed by atoms with Crippen molar-refractivity contribution in [2.24, 2.45) is 0 Å². The average Bonchev–Trinajstić information content (AvgIpc) is 2.85. The van der Waals surface area contributed by atoms with Crippen molar-refractivity contribution in [1.29, 1.82) is 0 Å². The van der Waals surface area contributed by atoms with Crippen LogP contribution in [0.5, 0.6) is 0 Å². The fraction of sp³-hybridized carbons (Fsp3) is 0.286. The summed E-state index contributed by atoms with van der Waals surface area (Å²) in [6.45, 7) is 4.30. The molecule has 26 heavy (non-hydrogen) atoms. The first-order valence-electron chi connectivity index (χ1n) is 8.71. The van der Waals surface area contributed by atoms with Gasteiger partial charge in [-0.2, -0.15) is 0 Å². The summed E-state index contributed by atoms with van der Waals surface area (Å²) in [6, 6.07) is 14.8. The molecule has 132 valence electrons. The van der Waals surface area contributed by atoms with Crippen molar-refractivity contribution in [3.8, 4) is 0 Å². The highest BCUT2D eigenvalue weighted by atomic mass is 16.2. The number of carbonyl (C=O) groups is 3. The molecule has 2 aromatic carbocycles. The number of carbonyl (C=O) groups excluding carboxylic acids is 3. The predicted octanol–water partition coefficient (Wildman–Crippen LogP) is 2.65. The van der Waals surface area contributed by atoms with Crippen LogP contribution in [0.3, 0.4) is 0 Å². The smallest absolute Gasteiger partial charge is 0.262 e. The molecule has 0 saturated heterocycles. The van der Waals surface area contributed by atoms with E-state index in [0.29, 0.717) is 17.7 Å². The molecule has 2 aromatic rings. The quantitative estimate of drug-likeness (QED) is 0.784. The summed E-state index contributed by atoms with van der Waals surface area (Å²) in [5, 5.41) is 0. The summed E-state index contributed by atoms with van der Waals surface area (Å²) in [7, 11) is 0. The number of hydrogen-bond donors (Lipinski definition) is 0. The minimum atomic E-state index is -0.394. The molecule has 0 saturated carbocycles. The molecular weight excluding hydrogens is 328 g/mol. The Morgan fingerprint density at radius 1 is 0.923 bits per heavy atom. The van der Waals surface area contributed by atoms with Gasteiger partial charge >= 0.3 is 0 Å². The zero-order valence-corrected chi connectivity index (χ0v) is 14.9. The number of fused-ring (bicyclic) bond motifs is 2.